The van der Waals surface area contributed by atoms with E-state index in [1.54, 1.807) is 0 Å². The van der Waals surface area contributed by atoms with Crippen molar-refractivity contribution in [2.24, 2.45) is 0 Å². The SMILES string of the molecule is Cc1ccc(-c2ccc(-c3cc(-c4ccc5ccc6ccccc6c5c4)cc(-c4nc(-c5ccccc5)nc(-c5ccccc5)n4)c3)cc2)c(C)n1. The second-order valence-electron chi connectivity index (χ2n) is 13.2. The van der Waals surface area contributed by atoms with Crippen molar-refractivity contribution in [3.8, 4) is 67.5 Å². The van der Waals surface area contributed by atoms with E-state index in [2.05, 4.69) is 116 Å². The highest BCUT2D eigenvalue weighted by molar-refractivity contribution is 6.08. The topological polar surface area (TPSA) is 51.6 Å². The first kappa shape index (κ1) is 31.2. The fraction of sp³-hybridized carbons (Fsp3) is 0.0417. The van der Waals surface area contributed by atoms with Gasteiger partial charge in [0.25, 0.3) is 0 Å². The Kier molecular flexibility index (Phi) is 7.90. The summed E-state index contributed by atoms with van der Waals surface area (Å²) in [4.78, 5) is 19.9. The van der Waals surface area contributed by atoms with E-state index < -0.39 is 0 Å². The van der Waals surface area contributed by atoms with E-state index >= 15 is 0 Å². The molecule has 0 saturated carbocycles. The van der Waals surface area contributed by atoms with Crippen LogP contribution in [0.5, 0.6) is 0 Å². The smallest absolute Gasteiger partial charge is 0.164 e. The molecule has 2 heterocycles. The molecule has 0 amide bonds. The third kappa shape index (κ3) is 6.01. The lowest BCUT2D eigenvalue weighted by atomic mass is 9.92. The van der Waals surface area contributed by atoms with Crippen LogP contribution in [0.1, 0.15) is 11.4 Å². The summed E-state index contributed by atoms with van der Waals surface area (Å²) in [5.41, 5.74) is 11.5. The minimum absolute atomic E-state index is 0.625. The molecule has 0 aliphatic carbocycles. The van der Waals surface area contributed by atoms with Gasteiger partial charge in [-0.25, -0.2) is 15.0 Å². The molecular weight excluding hydrogens is 633 g/mol. The van der Waals surface area contributed by atoms with Crippen LogP contribution < -0.4 is 0 Å². The molecule has 0 atom stereocenters. The maximum Gasteiger partial charge on any atom is 0.164 e. The summed E-state index contributed by atoms with van der Waals surface area (Å²) in [7, 11) is 0. The summed E-state index contributed by atoms with van der Waals surface area (Å²) < 4.78 is 0. The van der Waals surface area contributed by atoms with Crippen LogP contribution in [0, 0.1) is 13.8 Å². The fourth-order valence-corrected chi connectivity index (χ4v) is 7.04. The zero-order valence-corrected chi connectivity index (χ0v) is 29.0. The van der Waals surface area contributed by atoms with Crippen LogP contribution in [0.3, 0.4) is 0 Å². The second-order valence-corrected chi connectivity index (χ2v) is 13.2. The van der Waals surface area contributed by atoms with Gasteiger partial charge in [-0.2, -0.15) is 0 Å². The Labute approximate surface area is 303 Å². The van der Waals surface area contributed by atoms with Crippen LogP contribution in [-0.2, 0) is 0 Å². The molecule has 9 rings (SSSR count). The zero-order valence-electron chi connectivity index (χ0n) is 29.0. The first-order chi connectivity index (χ1) is 25.6. The highest BCUT2D eigenvalue weighted by Crippen LogP contribution is 2.36. The van der Waals surface area contributed by atoms with Crippen molar-refractivity contribution in [2.75, 3.05) is 0 Å². The van der Waals surface area contributed by atoms with E-state index in [1.165, 1.54) is 21.5 Å². The number of fused-ring (bicyclic) bond motifs is 3. The Morgan fingerprint density at radius 1 is 0.308 bits per heavy atom. The molecule has 0 saturated heterocycles. The van der Waals surface area contributed by atoms with Gasteiger partial charge in [-0.15, -0.1) is 0 Å². The highest BCUT2D eigenvalue weighted by atomic mass is 15.0. The van der Waals surface area contributed by atoms with E-state index in [0.717, 1.165) is 61.5 Å². The van der Waals surface area contributed by atoms with Crippen molar-refractivity contribution in [3.63, 3.8) is 0 Å². The van der Waals surface area contributed by atoms with Crippen molar-refractivity contribution >= 4 is 21.5 Å². The molecule has 0 fully saturated rings. The molecular formula is C48H34N4. The molecule has 0 N–H and O–H groups in total. The van der Waals surface area contributed by atoms with Gasteiger partial charge in [-0.1, -0.05) is 140 Å². The number of hydrogen-bond acceptors (Lipinski definition) is 4. The van der Waals surface area contributed by atoms with E-state index in [1.807, 2.05) is 67.6 Å². The molecule has 7 aromatic carbocycles. The Morgan fingerprint density at radius 2 is 0.808 bits per heavy atom. The third-order valence-corrected chi connectivity index (χ3v) is 9.72. The molecule has 0 unspecified atom stereocenters. The van der Waals surface area contributed by atoms with E-state index in [9.17, 15) is 0 Å². The van der Waals surface area contributed by atoms with Crippen molar-refractivity contribution in [3.05, 3.63) is 181 Å². The molecule has 0 aliphatic heterocycles. The molecule has 0 radical (unpaired) electrons. The van der Waals surface area contributed by atoms with Gasteiger partial charge in [-0.05, 0) is 93.5 Å². The standard InChI is InChI=1S/C48H34N4/c1-31-17-26-43(32(2)49-31)35-20-18-33(19-21-35)40-27-41(39-25-24-36-23-22-34-11-9-10-16-44(34)45(36)30-39)29-42(28-40)48-51-46(37-12-5-3-6-13-37)50-47(52-48)38-14-7-4-8-15-38/h3-30H,1-2H3. The van der Waals surface area contributed by atoms with Gasteiger partial charge >= 0.3 is 0 Å². The van der Waals surface area contributed by atoms with Crippen LogP contribution in [0.2, 0.25) is 0 Å². The van der Waals surface area contributed by atoms with Crippen LogP contribution in [-0.4, -0.2) is 19.9 Å². The van der Waals surface area contributed by atoms with Crippen LogP contribution in [0.25, 0.3) is 89.1 Å². The molecule has 2 aromatic heterocycles. The average Bonchev–Trinajstić information content (AvgIpc) is 3.21. The van der Waals surface area contributed by atoms with Gasteiger partial charge in [0.2, 0.25) is 0 Å². The number of aromatic nitrogens is 4. The lowest BCUT2D eigenvalue weighted by molar-refractivity contribution is 1.07. The molecule has 9 aromatic rings. The number of pyridine rings is 1. The van der Waals surface area contributed by atoms with Gasteiger partial charge in [-0.3, -0.25) is 4.98 Å². The molecule has 0 aliphatic rings. The molecule has 4 nitrogen and oxygen atoms in total. The number of aryl methyl sites for hydroxylation is 2. The maximum absolute atomic E-state index is 5.10. The summed E-state index contributed by atoms with van der Waals surface area (Å²) in [5, 5.41) is 4.92. The Morgan fingerprint density at radius 3 is 1.46 bits per heavy atom. The van der Waals surface area contributed by atoms with Gasteiger partial charge in [0, 0.05) is 33.6 Å². The number of rotatable bonds is 6. The molecule has 52 heavy (non-hydrogen) atoms. The monoisotopic (exact) mass is 666 g/mol. The molecule has 246 valence electrons. The summed E-state index contributed by atoms with van der Waals surface area (Å²) in [6.45, 7) is 4.10. The Balaban J connectivity index is 1.24. The van der Waals surface area contributed by atoms with Crippen LogP contribution >= 0.6 is 0 Å². The second kappa shape index (κ2) is 13.2. The molecule has 0 bridgehead atoms. The Bertz CT molecular complexity index is 2680. The van der Waals surface area contributed by atoms with E-state index in [-0.39, 0.29) is 0 Å². The predicted octanol–water partition coefficient (Wildman–Crippen LogP) is 12.2. The summed E-state index contributed by atoms with van der Waals surface area (Å²) in [5.74, 6) is 1.90. The molecule has 4 heteroatoms. The van der Waals surface area contributed by atoms with Crippen molar-refractivity contribution in [1.82, 2.24) is 19.9 Å². The highest BCUT2D eigenvalue weighted by Gasteiger charge is 2.16. The largest absolute Gasteiger partial charge is 0.258 e. The minimum atomic E-state index is 0.625. The van der Waals surface area contributed by atoms with Gasteiger partial charge in [0.05, 0.1) is 0 Å². The van der Waals surface area contributed by atoms with Crippen molar-refractivity contribution < 1.29 is 0 Å². The normalized spacial score (nSPS) is 11.3. The summed E-state index contributed by atoms with van der Waals surface area (Å²) >= 11 is 0. The first-order valence-electron chi connectivity index (χ1n) is 17.6. The lowest BCUT2D eigenvalue weighted by Crippen LogP contribution is -2.00. The quantitative estimate of drug-likeness (QED) is 0.166. The van der Waals surface area contributed by atoms with Crippen molar-refractivity contribution in [2.45, 2.75) is 13.8 Å². The van der Waals surface area contributed by atoms with Crippen LogP contribution in [0.15, 0.2) is 170 Å². The number of nitrogens with zero attached hydrogens (tertiary/aromatic N) is 4. The van der Waals surface area contributed by atoms with Crippen LogP contribution in [0.4, 0.5) is 0 Å². The summed E-state index contributed by atoms with van der Waals surface area (Å²) in [6.07, 6.45) is 0. The average molecular weight is 667 g/mol. The summed E-state index contributed by atoms with van der Waals surface area (Å²) in [6, 6.07) is 59.7. The third-order valence-electron chi connectivity index (χ3n) is 9.72. The van der Waals surface area contributed by atoms with E-state index in [0.29, 0.717) is 17.5 Å². The lowest BCUT2D eigenvalue weighted by Gasteiger charge is -2.14. The zero-order chi connectivity index (χ0) is 35.0. The fourth-order valence-electron chi connectivity index (χ4n) is 7.04. The van der Waals surface area contributed by atoms with E-state index in [4.69, 9.17) is 19.9 Å². The number of benzene rings is 7. The predicted molar refractivity (Wildman–Crippen MR) is 215 cm³/mol. The van der Waals surface area contributed by atoms with Gasteiger partial charge in [0.1, 0.15) is 0 Å². The first-order valence-corrected chi connectivity index (χ1v) is 17.6. The van der Waals surface area contributed by atoms with Crippen molar-refractivity contribution in [1.29, 1.82) is 0 Å². The van der Waals surface area contributed by atoms with Gasteiger partial charge in [0.15, 0.2) is 17.5 Å². The van der Waals surface area contributed by atoms with Gasteiger partial charge < -0.3 is 0 Å². The maximum atomic E-state index is 5.10. The minimum Gasteiger partial charge on any atom is -0.258 e. The number of hydrogen-bond donors (Lipinski definition) is 0. The Hall–Kier alpha value is -6.78. The molecule has 0 spiro atoms.